The minimum absolute atomic E-state index is 0.394. The molecule has 0 aliphatic heterocycles. The van der Waals surface area contributed by atoms with Gasteiger partial charge < -0.3 is 4.74 Å². The molecule has 0 spiro atoms. The Morgan fingerprint density at radius 1 is 1.44 bits per heavy atom. The number of esters is 1. The average molecular weight is 336 g/mol. The van der Waals surface area contributed by atoms with Crippen LogP contribution in [-0.4, -0.2) is 26.7 Å². The number of hydrogen-bond donors (Lipinski definition) is 1. The fourth-order valence-corrected chi connectivity index (χ4v) is 2.76. The quantitative estimate of drug-likeness (QED) is 0.855. The van der Waals surface area contributed by atoms with E-state index in [4.69, 9.17) is 0 Å². The number of aryl methyl sites for hydroxylation is 1. The van der Waals surface area contributed by atoms with Crippen LogP contribution in [0, 0.1) is 6.92 Å². The zero-order chi connectivity index (χ0) is 13.9. The Hall–Kier alpha value is -1.08. The highest BCUT2D eigenvalue weighted by Crippen LogP contribution is 2.27. The molecule has 1 atom stereocenters. The number of nitrogens with one attached hydrogen (secondary N) is 1. The molecule has 1 aromatic rings. The molecule has 18 heavy (non-hydrogen) atoms. The third-order valence-corrected chi connectivity index (χ3v) is 5.12. The molecular formula is C11H14BrNO4S. The lowest BCUT2D eigenvalue weighted by Gasteiger charge is -2.14. The molecule has 7 heteroatoms. The van der Waals surface area contributed by atoms with Crippen molar-refractivity contribution in [2.45, 2.75) is 19.1 Å². The molecule has 0 amide bonds. The molecule has 0 aliphatic carbocycles. The standard InChI is InChI=1S/C11H14BrNO4S/c1-7-5-4-6-9(10(7)12)13-18(15,16)8(2)11(14)17-3/h4-6,8,13H,1-3H3. The number of carbonyl (C=O) groups is 1. The van der Waals surface area contributed by atoms with Gasteiger partial charge in [0.2, 0.25) is 10.0 Å². The van der Waals surface area contributed by atoms with Gasteiger partial charge in [0, 0.05) is 4.47 Å². The summed E-state index contributed by atoms with van der Waals surface area (Å²) in [6.45, 7) is 3.11. The molecule has 0 fully saturated rings. The summed E-state index contributed by atoms with van der Waals surface area (Å²) in [6, 6.07) is 5.17. The van der Waals surface area contributed by atoms with Crippen LogP contribution in [0.5, 0.6) is 0 Å². The van der Waals surface area contributed by atoms with Crippen LogP contribution in [0.4, 0.5) is 5.69 Å². The van der Waals surface area contributed by atoms with Crippen molar-refractivity contribution in [3.05, 3.63) is 28.2 Å². The molecule has 0 aliphatic rings. The smallest absolute Gasteiger partial charge is 0.325 e. The normalized spacial score (nSPS) is 12.9. The first-order valence-corrected chi connectivity index (χ1v) is 7.48. The Morgan fingerprint density at radius 3 is 2.61 bits per heavy atom. The summed E-state index contributed by atoms with van der Waals surface area (Å²) in [6.07, 6.45) is 0. The first-order valence-electron chi connectivity index (χ1n) is 5.14. The first kappa shape index (κ1) is 15.0. The molecule has 0 aromatic heterocycles. The second-order valence-corrected chi connectivity index (χ2v) is 6.54. The van der Waals surface area contributed by atoms with Crippen LogP contribution in [0.15, 0.2) is 22.7 Å². The third kappa shape index (κ3) is 3.23. The van der Waals surface area contributed by atoms with Crippen molar-refractivity contribution in [3.8, 4) is 0 Å². The topological polar surface area (TPSA) is 72.5 Å². The maximum Gasteiger partial charge on any atom is 0.325 e. The summed E-state index contributed by atoms with van der Waals surface area (Å²) in [5, 5.41) is -1.27. The number of rotatable bonds is 4. The highest BCUT2D eigenvalue weighted by Gasteiger charge is 2.29. The first-order chi connectivity index (χ1) is 8.29. The number of ether oxygens (including phenoxy) is 1. The summed E-state index contributed by atoms with van der Waals surface area (Å²) in [5.41, 5.74) is 1.28. The van der Waals surface area contributed by atoms with Crippen molar-refractivity contribution in [1.82, 2.24) is 0 Å². The van der Waals surface area contributed by atoms with Gasteiger partial charge in [0.15, 0.2) is 5.25 Å². The van der Waals surface area contributed by atoms with Crippen molar-refractivity contribution in [3.63, 3.8) is 0 Å². The SMILES string of the molecule is COC(=O)C(C)S(=O)(=O)Nc1cccc(C)c1Br. The number of methoxy groups -OCH3 is 1. The second kappa shape index (κ2) is 5.71. The Balaban J connectivity index is 3.03. The van der Waals surface area contributed by atoms with Gasteiger partial charge in [-0.3, -0.25) is 9.52 Å². The predicted octanol–water partition coefficient (Wildman–Crippen LogP) is 2.06. The summed E-state index contributed by atoms with van der Waals surface area (Å²) in [4.78, 5) is 11.2. The number of carbonyl (C=O) groups excluding carboxylic acids is 1. The largest absolute Gasteiger partial charge is 0.468 e. The van der Waals surface area contributed by atoms with Gasteiger partial charge in [0.05, 0.1) is 12.8 Å². The lowest BCUT2D eigenvalue weighted by atomic mass is 10.2. The van der Waals surface area contributed by atoms with Crippen molar-refractivity contribution < 1.29 is 17.9 Å². The molecule has 0 heterocycles. The third-order valence-electron chi connectivity index (χ3n) is 2.44. The Bertz CT molecular complexity index is 556. The van der Waals surface area contributed by atoms with Gasteiger partial charge in [-0.2, -0.15) is 0 Å². The van der Waals surface area contributed by atoms with Crippen LogP contribution < -0.4 is 4.72 Å². The van der Waals surface area contributed by atoms with E-state index in [1.807, 2.05) is 13.0 Å². The Morgan fingerprint density at radius 2 is 2.06 bits per heavy atom. The van der Waals surface area contributed by atoms with E-state index in [0.29, 0.717) is 10.2 Å². The Kier molecular flexibility index (Phi) is 4.75. The van der Waals surface area contributed by atoms with E-state index in [0.717, 1.165) is 12.7 Å². The van der Waals surface area contributed by atoms with Crippen LogP contribution in [-0.2, 0) is 19.6 Å². The summed E-state index contributed by atoms with van der Waals surface area (Å²) < 4.78 is 31.3. The van der Waals surface area contributed by atoms with Gasteiger partial charge in [0.25, 0.3) is 0 Å². The van der Waals surface area contributed by atoms with Crippen molar-refractivity contribution in [2.24, 2.45) is 0 Å². The van der Waals surface area contributed by atoms with Gasteiger partial charge >= 0.3 is 5.97 Å². The summed E-state index contributed by atoms with van der Waals surface area (Å²) >= 11 is 3.29. The lowest BCUT2D eigenvalue weighted by molar-refractivity contribution is -0.139. The zero-order valence-corrected chi connectivity index (χ0v) is 12.6. The minimum atomic E-state index is -3.82. The van der Waals surface area contributed by atoms with Crippen molar-refractivity contribution in [1.29, 1.82) is 0 Å². The molecule has 5 nitrogen and oxygen atoms in total. The van der Waals surface area contributed by atoms with Gasteiger partial charge in [-0.05, 0) is 41.4 Å². The molecule has 1 unspecified atom stereocenters. The van der Waals surface area contributed by atoms with Crippen LogP contribution >= 0.6 is 15.9 Å². The maximum absolute atomic E-state index is 11.9. The maximum atomic E-state index is 11.9. The molecule has 1 aromatic carbocycles. The van der Waals surface area contributed by atoms with Crippen LogP contribution in [0.1, 0.15) is 12.5 Å². The number of anilines is 1. The number of halogens is 1. The molecule has 1 N–H and O–H groups in total. The number of benzene rings is 1. The van der Waals surface area contributed by atoms with Crippen molar-refractivity contribution in [2.75, 3.05) is 11.8 Å². The average Bonchev–Trinajstić information content (AvgIpc) is 2.32. The van der Waals surface area contributed by atoms with Crippen LogP contribution in [0.3, 0.4) is 0 Å². The fraction of sp³-hybridized carbons (Fsp3) is 0.364. The molecule has 1 rings (SSSR count). The number of hydrogen-bond acceptors (Lipinski definition) is 4. The minimum Gasteiger partial charge on any atom is -0.468 e. The van der Waals surface area contributed by atoms with E-state index >= 15 is 0 Å². The highest BCUT2D eigenvalue weighted by atomic mass is 79.9. The van der Waals surface area contributed by atoms with Crippen LogP contribution in [0.25, 0.3) is 0 Å². The molecule has 0 saturated heterocycles. The van der Waals surface area contributed by atoms with E-state index in [1.54, 1.807) is 12.1 Å². The number of sulfonamides is 1. The monoisotopic (exact) mass is 335 g/mol. The predicted molar refractivity (Wildman–Crippen MR) is 72.9 cm³/mol. The van der Waals surface area contributed by atoms with E-state index in [9.17, 15) is 13.2 Å². The molecule has 0 bridgehead atoms. The van der Waals surface area contributed by atoms with Gasteiger partial charge in [-0.15, -0.1) is 0 Å². The second-order valence-electron chi connectivity index (χ2n) is 3.75. The summed E-state index contributed by atoms with van der Waals surface area (Å²) in [7, 11) is -2.67. The van der Waals surface area contributed by atoms with Crippen molar-refractivity contribution >= 4 is 37.6 Å². The van der Waals surface area contributed by atoms with E-state index in [1.165, 1.54) is 6.92 Å². The van der Waals surface area contributed by atoms with Gasteiger partial charge in [-0.25, -0.2) is 8.42 Å². The zero-order valence-electron chi connectivity index (χ0n) is 10.2. The van der Waals surface area contributed by atoms with Gasteiger partial charge in [0.1, 0.15) is 0 Å². The fourth-order valence-electron chi connectivity index (χ4n) is 1.26. The van der Waals surface area contributed by atoms with Gasteiger partial charge in [-0.1, -0.05) is 12.1 Å². The summed E-state index contributed by atoms with van der Waals surface area (Å²) in [5.74, 6) is -0.800. The van der Waals surface area contributed by atoms with E-state index < -0.39 is 21.2 Å². The highest BCUT2D eigenvalue weighted by molar-refractivity contribution is 9.10. The molecule has 0 saturated carbocycles. The van der Waals surface area contributed by atoms with E-state index in [-0.39, 0.29) is 0 Å². The van der Waals surface area contributed by atoms with Crippen LogP contribution in [0.2, 0.25) is 0 Å². The Labute approximate surface area is 115 Å². The molecule has 0 radical (unpaired) electrons. The molecular weight excluding hydrogens is 322 g/mol. The van der Waals surface area contributed by atoms with E-state index in [2.05, 4.69) is 25.4 Å². The molecule has 100 valence electrons. The lowest BCUT2D eigenvalue weighted by Crippen LogP contribution is -2.33.